The third-order valence-corrected chi connectivity index (χ3v) is 6.98. The first-order valence-corrected chi connectivity index (χ1v) is 14.2. The summed E-state index contributed by atoms with van der Waals surface area (Å²) in [4.78, 5) is 24.6. The molecule has 0 aromatic heterocycles. The molecule has 0 saturated heterocycles. The summed E-state index contributed by atoms with van der Waals surface area (Å²) in [6.07, 6.45) is 18.9. The maximum absolute atomic E-state index is 12.3. The van der Waals surface area contributed by atoms with E-state index in [1.807, 2.05) is 0 Å². The zero-order valence-corrected chi connectivity index (χ0v) is 22.4. The highest BCUT2D eigenvalue weighted by Crippen LogP contribution is 2.30. The van der Waals surface area contributed by atoms with Crippen LogP contribution in [0.15, 0.2) is 0 Å². The van der Waals surface area contributed by atoms with Gasteiger partial charge in [0.25, 0.3) is 0 Å². The molecule has 0 radical (unpaired) electrons. The van der Waals surface area contributed by atoms with E-state index < -0.39 is 0 Å². The topological polar surface area (TPSA) is 52.6 Å². The van der Waals surface area contributed by atoms with Gasteiger partial charge in [-0.05, 0) is 50.4 Å². The van der Waals surface area contributed by atoms with Crippen LogP contribution in [0.5, 0.6) is 0 Å². The summed E-state index contributed by atoms with van der Waals surface area (Å²) < 4.78 is 11.0. The van der Waals surface area contributed by atoms with Gasteiger partial charge in [0.15, 0.2) is 0 Å². The second-order valence-electron chi connectivity index (χ2n) is 11.1. The fraction of sp³-hybridized carbons (Fsp3) is 0.931. The number of carbonyl (C=O) groups is 2. The molecule has 0 spiro atoms. The average molecular weight is 467 g/mol. The molecule has 0 atom stereocenters. The Morgan fingerprint density at radius 3 is 1.18 bits per heavy atom. The van der Waals surface area contributed by atoms with Crippen molar-refractivity contribution in [3.05, 3.63) is 0 Å². The van der Waals surface area contributed by atoms with Crippen molar-refractivity contribution in [2.24, 2.45) is 23.7 Å². The molecule has 0 bridgehead atoms. The summed E-state index contributed by atoms with van der Waals surface area (Å²) >= 11 is 0. The van der Waals surface area contributed by atoms with Crippen molar-refractivity contribution in [2.75, 3.05) is 13.2 Å². The third-order valence-electron chi connectivity index (χ3n) is 6.98. The fourth-order valence-electron chi connectivity index (χ4n) is 4.69. The second kappa shape index (κ2) is 19.3. The van der Waals surface area contributed by atoms with E-state index in [0.717, 1.165) is 63.2 Å². The van der Waals surface area contributed by atoms with Crippen LogP contribution in [0.4, 0.5) is 0 Å². The number of unbranched alkanes of at least 4 members (excludes halogenated alkanes) is 9. The maximum atomic E-state index is 12.3. The van der Waals surface area contributed by atoms with Gasteiger partial charge in [-0.2, -0.15) is 0 Å². The number of rotatable bonds is 19. The fourth-order valence-corrected chi connectivity index (χ4v) is 4.69. The van der Waals surface area contributed by atoms with E-state index in [2.05, 4.69) is 27.7 Å². The van der Waals surface area contributed by atoms with Crippen LogP contribution in [0.25, 0.3) is 0 Å². The molecular formula is C29H54O4. The molecule has 0 unspecified atom stereocenters. The zero-order valence-electron chi connectivity index (χ0n) is 22.4. The van der Waals surface area contributed by atoms with E-state index in [1.54, 1.807) is 0 Å². The molecule has 194 valence electrons. The smallest absolute Gasteiger partial charge is 0.308 e. The molecule has 4 nitrogen and oxygen atoms in total. The Balaban J connectivity index is 1.98. The lowest BCUT2D eigenvalue weighted by atomic mass is 9.82. The Kier molecular flexibility index (Phi) is 17.5. The van der Waals surface area contributed by atoms with Crippen LogP contribution in [-0.4, -0.2) is 25.2 Å². The first-order valence-electron chi connectivity index (χ1n) is 14.2. The normalized spacial score (nSPS) is 18.6. The number of ether oxygens (including phenoxy) is 2. The number of hydrogen-bond acceptors (Lipinski definition) is 4. The molecule has 1 rings (SSSR count). The lowest BCUT2D eigenvalue weighted by molar-refractivity contribution is -0.155. The number of esters is 2. The lowest BCUT2D eigenvalue weighted by Crippen LogP contribution is -2.28. The second-order valence-corrected chi connectivity index (χ2v) is 11.1. The van der Waals surface area contributed by atoms with Crippen LogP contribution < -0.4 is 0 Å². The first-order chi connectivity index (χ1) is 15.9. The SMILES string of the molecule is CC(C)CCCCCCCCCOC(=O)C1CCC(C(=O)OCCCCCCC(C)C)CC1. The summed E-state index contributed by atoms with van der Waals surface area (Å²) in [6, 6.07) is 0. The molecular weight excluding hydrogens is 412 g/mol. The highest BCUT2D eigenvalue weighted by atomic mass is 16.5. The van der Waals surface area contributed by atoms with E-state index >= 15 is 0 Å². The maximum Gasteiger partial charge on any atom is 0.308 e. The average Bonchev–Trinajstić information content (AvgIpc) is 2.79. The van der Waals surface area contributed by atoms with Gasteiger partial charge in [0.05, 0.1) is 25.0 Å². The van der Waals surface area contributed by atoms with Crippen molar-refractivity contribution in [3.8, 4) is 0 Å². The largest absolute Gasteiger partial charge is 0.465 e. The van der Waals surface area contributed by atoms with Gasteiger partial charge >= 0.3 is 11.9 Å². The molecule has 1 aliphatic carbocycles. The molecule has 1 aliphatic rings. The van der Waals surface area contributed by atoms with Crippen LogP contribution in [0.3, 0.4) is 0 Å². The Labute approximate surface area is 205 Å². The van der Waals surface area contributed by atoms with E-state index in [9.17, 15) is 9.59 Å². The quantitative estimate of drug-likeness (QED) is 0.142. The minimum atomic E-state index is -0.0618. The highest BCUT2D eigenvalue weighted by Gasteiger charge is 2.31. The summed E-state index contributed by atoms with van der Waals surface area (Å²) in [5.74, 6) is 1.41. The van der Waals surface area contributed by atoms with Crippen molar-refractivity contribution >= 4 is 11.9 Å². The Morgan fingerprint density at radius 2 is 0.848 bits per heavy atom. The standard InChI is InChI=1S/C29H54O4/c1-24(2)16-12-8-6-5-7-10-14-22-32-28(30)26-18-20-27(21-19-26)29(31)33-23-15-11-9-13-17-25(3)4/h24-27H,5-23H2,1-4H3. The van der Waals surface area contributed by atoms with Crippen molar-refractivity contribution in [1.29, 1.82) is 0 Å². The van der Waals surface area contributed by atoms with Crippen molar-refractivity contribution in [2.45, 2.75) is 137 Å². The molecule has 0 heterocycles. The lowest BCUT2D eigenvalue weighted by Gasteiger charge is -2.26. The molecule has 4 heteroatoms. The predicted octanol–water partition coefficient (Wildman–Crippen LogP) is 8.26. The molecule has 0 aliphatic heterocycles. The summed E-state index contributed by atoms with van der Waals surface area (Å²) in [5, 5.41) is 0. The van der Waals surface area contributed by atoms with Crippen LogP contribution in [0.2, 0.25) is 0 Å². The van der Waals surface area contributed by atoms with Crippen molar-refractivity contribution < 1.29 is 19.1 Å². The minimum Gasteiger partial charge on any atom is -0.465 e. The van der Waals surface area contributed by atoms with Crippen molar-refractivity contribution in [3.63, 3.8) is 0 Å². The summed E-state index contributed by atoms with van der Waals surface area (Å²) in [7, 11) is 0. The Bertz CT molecular complexity index is 492. The van der Waals surface area contributed by atoms with Gasteiger partial charge in [-0.1, -0.05) is 98.3 Å². The Hall–Kier alpha value is -1.06. The van der Waals surface area contributed by atoms with Crippen molar-refractivity contribution in [1.82, 2.24) is 0 Å². The molecule has 1 fully saturated rings. The van der Waals surface area contributed by atoms with Crippen LogP contribution in [0, 0.1) is 23.7 Å². The highest BCUT2D eigenvalue weighted by molar-refractivity contribution is 5.75. The van der Waals surface area contributed by atoms with Gasteiger partial charge in [0.2, 0.25) is 0 Å². The molecule has 0 aromatic carbocycles. The van der Waals surface area contributed by atoms with Crippen LogP contribution in [0.1, 0.15) is 137 Å². The third kappa shape index (κ3) is 16.2. The van der Waals surface area contributed by atoms with E-state index in [-0.39, 0.29) is 23.8 Å². The number of hydrogen-bond donors (Lipinski definition) is 0. The van der Waals surface area contributed by atoms with E-state index in [4.69, 9.17) is 9.47 Å². The molecule has 1 saturated carbocycles. The van der Waals surface area contributed by atoms with Gasteiger partial charge < -0.3 is 9.47 Å². The predicted molar refractivity (Wildman–Crippen MR) is 137 cm³/mol. The van der Waals surface area contributed by atoms with Gasteiger partial charge in [0.1, 0.15) is 0 Å². The van der Waals surface area contributed by atoms with Gasteiger partial charge in [0, 0.05) is 0 Å². The summed E-state index contributed by atoms with van der Waals surface area (Å²) in [5.41, 5.74) is 0. The molecule has 0 aromatic rings. The minimum absolute atomic E-state index is 0.0315. The number of carbonyl (C=O) groups excluding carboxylic acids is 2. The van der Waals surface area contributed by atoms with E-state index in [0.29, 0.717) is 13.2 Å². The van der Waals surface area contributed by atoms with E-state index in [1.165, 1.54) is 57.8 Å². The monoisotopic (exact) mass is 466 g/mol. The zero-order chi connectivity index (χ0) is 24.3. The molecule has 0 N–H and O–H groups in total. The summed E-state index contributed by atoms with van der Waals surface area (Å²) in [6.45, 7) is 10.2. The molecule has 0 amide bonds. The van der Waals surface area contributed by atoms with Crippen LogP contribution in [-0.2, 0) is 19.1 Å². The Morgan fingerprint density at radius 1 is 0.545 bits per heavy atom. The van der Waals surface area contributed by atoms with Crippen LogP contribution >= 0.6 is 0 Å². The van der Waals surface area contributed by atoms with Gasteiger partial charge in [-0.25, -0.2) is 0 Å². The van der Waals surface area contributed by atoms with Gasteiger partial charge in [-0.3, -0.25) is 9.59 Å². The van der Waals surface area contributed by atoms with Gasteiger partial charge in [-0.15, -0.1) is 0 Å². The first kappa shape index (κ1) is 30.0. The molecule has 33 heavy (non-hydrogen) atoms.